The molecule has 0 fully saturated rings. The van der Waals surface area contributed by atoms with Crippen LogP contribution in [0.1, 0.15) is 29.0 Å². The lowest BCUT2D eigenvalue weighted by molar-refractivity contribution is 0.554. The second-order valence-corrected chi connectivity index (χ2v) is 7.69. The first-order valence-corrected chi connectivity index (χ1v) is 8.38. The summed E-state index contributed by atoms with van der Waals surface area (Å²) < 4.78 is 15.9. The first-order chi connectivity index (χ1) is 9.04. The highest BCUT2D eigenvalue weighted by atomic mass is 79.9. The van der Waals surface area contributed by atoms with Crippen molar-refractivity contribution < 1.29 is 4.39 Å². The quantitative estimate of drug-likeness (QED) is 0.714. The summed E-state index contributed by atoms with van der Waals surface area (Å²) in [5.74, 6) is -0.199. The summed E-state index contributed by atoms with van der Waals surface area (Å²) in [6.45, 7) is 4.87. The maximum Gasteiger partial charge on any atom is 0.142 e. The van der Waals surface area contributed by atoms with Gasteiger partial charge in [0.25, 0.3) is 0 Å². The molecule has 0 aliphatic rings. The van der Waals surface area contributed by atoms with E-state index in [0.29, 0.717) is 10.0 Å². The van der Waals surface area contributed by atoms with Crippen LogP contribution in [0, 0.1) is 12.7 Å². The van der Waals surface area contributed by atoms with E-state index in [2.05, 4.69) is 50.2 Å². The lowest BCUT2D eigenvalue weighted by atomic mass is 9.99. The molecular weight excluding hydrogens is 393 g/mol. The fourth-order valence-corrected chi connectivity index (χ4v) is 4.21. The molecule has 1 nitrogen and oxygen atoms in total. The van der Waals surface area contributed by atoms with Crippen molar-refractivity contribution in [2.24, 2.45) is 0 Å². The van der Waals surface area contributed by atoms with Gasteiger partial charge in [-0.25, -0.2) is 4.39 Å². The molecule has 2 rings (SSSR count). The molecule has 1 atom stereocenters. The highest BCUT2D eigenvalue weighted by molar-refractivity contribution is 9.11. The predicted octanol–water partition coefficient (Wildman–Crippen LogP) is 5.42. The molecule has 0 saturated carbocycles. The summed E-state index contributed by atoms with van der Waals surface area (Å²) in [7, 11) is 0. The number of benzene rings is 1. The van der Waals surface area contributed by atoms with Crippen molar-refractivity contribution in [2.75, 3.05) is 6.54 Å². The van der Waals surface area contributed by atoms with Crippen molar-refractivity contribution in [2.45, 2.75) is 19.9 Å². The van der Waals surface area contributed by atoms with Crippen molar-refractivity contribution in [1.29, 1.82) is 0 Å². The van der Waals surface area contributed by atoms with Crippen molar-refractivity contribution >= 4 is 43.2 Å². The third-order valence-corrected chi connectivity index (χ3v) is 5.12. The molecule has 0 bridgehead atoms. The number of hydrogen-bond donors (Lipinski definition) is 1. The van der Waals surface area contributed by atoms with Gasteiger partial charge >= 0.3 is 0 Å². The summed E-state index contributed by atoms with van der Waals surface area (Å²) in [6, 6.07) is 7.36. The third kappa shape index (κ3) is 3.27. The van der Waals surface area contributed by atoms with Gasteiger partial charge < -0.3 is 5.32 Å². The van der Waals surface area contributed by atoms with Crippen LogP contribution < -0.4 is 5.32 Å². The normalized spacial score (nSPS) is 12.7. The van der Waals surface area contributed by atoms with Crippen LogP contribution >= 0.6 is 43.2 Å². The van der Waals surface area contributed by atoms with E-state index in [-0.39, 0.29) is 11.9 Å². The maximum atomic E-state index is 14.3. The molecule has 5 heteroatoms. The van der Waals surface area contributed by atoms with Gasteiger partial charge in [0.15, 0.2) is 0 Å². The maximum absolute atomic E-state index is 14.3. The van der Waals surface area contributed by atoms with E-state index >= 15 is 0 Å². The lowest BCUT2D eigenvalue weighted by Crippen LogP contribution is -2.23. The van der Waals surface area contributed by atoms with Gasteiger partial charge in [0.05, 0.1) is 14.3 Å². The smallest absolute Gasteiger partial charge is 0.142 e. The number of halogens is 3. The van der Waals surface area contributed by atoms with Crippen molar-refractivity contribution in [3.05, 3.63) is 54.3 Å². The molecular formula is C14H14Br2FNS. The van der Waals surface area contributed by atoms with E-state index < -0.39 is 0 Å². The van der Waals surface area contributed by atoms with Crippen molar-refractivity contribution in [3.63, 3.8) is 0 Å². The molecule has 1 aromatic carbocycles. The number of thiophene rings is 1. The summed E-state index contributed by atoms with van der Waals surface area (Å²) in [4.78, 5) is 1.19. The predicted molar refractivity (Wildman–Crippen MR) is 86.4 cm³/mol. The molecule has 0 aliphatic carbocycles. The Morgan fingerprint density at radius 1 is 1.32 bits per heavy atom. The van der Waals surface area contributed by atoms with Crippen LogP contribution in [0.25, 0.3) is 0 Å². The molecule has 19 heavy (non-hydrogen) atoms. The van der Waals surface area contributed by atoms with Gasteiger partial charge in [-0.15, -0.1) is 11.3 Å². The van der Waals surface area contributed by atoms with Gasteiger partial charge in [-0.1, -0.05) is 19.1 Å². The van der Waals surface area contributed by atoms with E-state index in [1.54, 1.807) is 17.4 Å². The van der Waals surface area contributed by atoms with Crippen LogP contribution in [0.5, 0.6) is 0 Å². The Bertz CT molecular complexity index is 583. The van der Waals surface area contributed by atoms with Gasteiger partial charge in [-0.2, -0.15) is 0 Å². The van der Waals surface area contributed by atoms with Crippen LogP contribution in [0.15, 0.2) is 32.5 Å². The van der Waals surface area contributed by atoms with Crippen LogP contribution in [-0.2, 0) is 0 Å². The zero-order chi connectivity index (χ0) is 14.0. The average molecular weight is 407 g/mol. The molecule has 0 aliphatic heterocycles. The van der Waals surface area contributed by atoms with Crippen molar-refractivity contribution in [3.8, 4) is 0 Å². The van der Waals surface area contributed by atoms with E-state index in [9.17, 15) is 4.39 Å². The molecule has 1 heterocycles. The number of rotatable bonds is 4. The summed E-state index contributed by atoms with van der Waals surface area (Å²) in [6.07, 6.45) is 0. The molecule has 0 amide bonds. The summed E-state index contributed by atoms with van der Waals surface area (Å²) in [5.41, 5.74) is 1.79. The first kappa shape index (κ1) is 15.2. The fourth-order valence-electron chi connectivity index (χ4n) is 2.08. The Labute approximate surface area is 133 Å². The van der Waals surface area contributed by atoms with E-state index in [4.69, 9.17) is 0 Å². The second kappa shape index (κ2) is 6.48. The zero-order valence-electron chi connectivity index (χ0n) is 10.6. The molecule has 0 saturated heterocycles. The van der Waals surface area contributed by atoms with Gasteiger partial charge in [0.2, 0.25) is 0 Å². The van der Waals surface area contributed by atoms with Crippen LogP contribution in [0.3, 0.4) is 0 Å². The Kier molecular flexibility index (Phi) is 5.17. The molecule has 102 valence electrons. The SMILES string of the molecule is CCNC(c1cc(Br)sc1C)c1cccc(Br)c1F. The molecule has 2 aromatic rings. The van der Waals surface area contributed by atoms with Crippen LogP contribution in [0.4, 0.5) is 4.39 Å². The van der Waals surface area contributed by atoms with E-state index in [1.807, 2.05) is 19.1 Å². The minimum Gasteiger partial charge on any atom is -0.306 e. The van der Waals surface area contributed by atoms with Crippen molar-refractivity contribution in [1.82, 2.24) is 5.32 Å². The second-order valence-electron chi connectivity index (χ2n) is 4.20. The van der Waals surface area contributed by atoms with Gasteiger partial charge in [0, 0.05) is 10.4 Å². The van der Waals surface area contributed by atoms with Gasteiger partial charge in [-0.05, 0) is 63.0 Å². The lowest BCUT2D eigenvalue weighted by Gasteiger charge is -2.19. The fraction of sp³-hybridized carbons (Fsp3) is 0.286. The standard InChI is InChI=1S/C14H14Br2FNS/c1-3-18-14(10-7-12(16)19-8(10)2)9-5-4-6-11(15)13(9)17/h4-7,14,18H,3H2,1-2H3. The average Bonchev–Trinajstić information content (AvgIpc) is 2.69. The number of aryl methyl sites for hydroxylation is 1. The zero-order valence-corrected chi connectivity index (χ0v) is 14.6. The highest BCUT2D eigenvalue weighted by Gasteiger charge is 2.21. The minimum atomic E-state index is -0.199. The Hall–Kier alpha value is -0.230. The Morgan fingerprint density at radius 2 is 2.05 bits per heavy atom. The minimum absolute atomic E-state index is 0.120. The number of nitrogens with one attached hydrogen (secondary N) is 1. The summed E-state index contributed by atoms with van der Waals surface area (Å²) in [5, 5.41) is 3.36. The summed E-state index contributed by atoms with van der Waals surface area (Å²) >= 11 is 8.42. The van der Waals surface area contributed by atoms with E-state index in [0.717, 1.165) is 15.9 Å². The first-order valence-electron chi connectivity index (χ1n) is 5.97. The molecule has 1 aromatic heterocycles. The van der Waals surface area contributed by atoms with Gasteiger partial charge in [0.1, 0.15) is 5.82 Å². The van der Waals surface area contributed by atoms with Crippen LogP contribution in [0.2, 0.25) is 0 Å². The third-order valence-electron chi connectivity index (χ3n) is 2.94. The molecule has 1 N–H and O–H groups in total. The van der Waals surface area contributed by atoms with Crippen LogP contribution in [-0.4, -0.2) is 6.54 Å². The van der Waals surface area contributed by atoms with Gasteiger partial charge in [-0.3, -0.25) is 0 Å². The number of hydrogen-bond acceptors (Lipinski definition) is 2. The Balaban J connectivity index is 2.51. The molecule has 0 spiro atoms. The van der Waals surface area contributed by atoms with E-state index in [1.165, 1.54) is 4.88 Å². The monoisotopic (exact) mass is 405 g/mol. The topological polar surface area (TPSA) is 12.0 Å². The molecule has 0 radical (unpaired) electrons. The highest BCUT2D eigenvalue weighted by Crippen LogP contribution is 2.35. The molecule has 1 unspecified atom stereocenters. The Morgan fingerprint density at radius 3 is 2.63 bits per heavy atom. The largest absolute Gasteiger partial charge is 0.306 e.